The molecule has 2 atom stereocenters. The van der Waals surface area contributed by atoms with Gasteiger partial charge in [-0.1, -0.05) is 48.5 Å². The van der Waals surface area contributed by atoms with Crippen LogP contribution in [0, 0.1) is 5.92 Å². The van der Waals surface area contributed by atoms with Crippen LogP contribution in [0.3, 0.4) is 0 Å². The molecule has 1 aliphatic carbocycles. The van der Waals surface area contributed by atoms with Gasteiger partial charge < -0.3 is 24.8 Å². The molecule has 2 aromatic rings. The largest absolute Gasteiger partial charge is 0.481 e. The Hall–Kier alpha value is -3.55. The van der Waals surface area contributed by atoms with Gasteiger partial charge in [-0.2, -0.15) is 0 Å². The van der Waals surface area contributed by atoms with Crippen LogP contribution in [0.1, 0.15) is 37.8 Å². The zero-order valence-corrected chi connectivity index (χ0v) is 18.9. The van der Waals surface area contributed by atoms with Crippen molar-refractivity contribution >= 4 is 18.2 Å². The number of alkyl carbamates (subject to hydrolysis) is 1. The van der Waals surface area contributed by atoms with Crippen molar-refractivity contribution in [2.45, 2.75) is 38.3 Å². The van der Waals surface area contributed by atoms with E-state index < -0.39 is 35.7 Å². The molecule has 1 aliphatic heterocycles. The fourth-order valence-corrected chi connectivity index (χ4v) is 4.47. The van der Waals surface area contributed by atoms with Crippen LogP contribution in [0.4, 0.5) is 9.59 Å². The number of ether oxygens (including phenoxy) is 2. The number of amides is 2. The normalized spacial score (nSPS) is 19.5. The molecule has 1 saturated heterocycles. The number of carbonyl (C=O) groups excluding carboxylic acids is 2. The molecule has 2 N–H and O–H groups in total. The number of benzene rings is 2. The number of hydrogen-bond donors (Lipinski definition) is 2. The lowest BCUT2D eigenvalue weighted by molar-refractivity contribution is -0.141. The number of carbonyl (C=O) groups is 3. The molecule has 1 fully saturated rings. The summed E-state index contributed by atoms with van der Waals surface area (Å²) in [6, 6.07) is 15.3. The fraction of sp³-hybridized carbons (Fsp3) is 0.400. The van der Waals surface area contributed by atoms with E-state index in [1.165, 1.54) is 4.90 Å². The van der Waals surface area contributed by atoms with E-state index in [1.807, 2.05) is 36.4 Å². The number of nitrogens with zero attached hydrogens (tertiary/aromatic N) is 1. The monoisotopic (exact) mass is 452 g/mol. The van der Waals surface area contributed by atoms with E-state index in [0.717, 1.165) is 22.3 Å². The quantitative estimate of drug-likeness (QED) is 0.730. The van der Waals surface area contributed by atoms with E-state index in [-0.39, 0.29) is 25.6 Å². The van der Waals surface area contributed by atoms with Gasteiger partial charge in [0.1, 0.15) is 12.2 Å². The van der Waals surface area contributed by atoms with Gasteiger partial charge in [0.05, 0.1) is 12.0 Å². The maximum absolute atomic E-state index is 12.6. The Balaban J connectivity index is 1.40. The van der Waals surface area contributed by atoms with Gasteiger partial charge in [0, 0.05) is 19.0 Å². The van der Waals surface area contributed by atoms with E-state index in [9.17, 15) is 19.5 Å². The number of carboxylic acid groups (broad SMARTS) is 1. The van der Waals surface area contributed by atoms with Gasteiger partial charge in [-0.25, -0.2) is 9.59 Å². The molecule has 0 bridgehead atoms. The lowest BCUT2D eigenvalue weighted by Gasteiger charge is -2.24. The van der Waals surface area contributed by atoms with Crippen LogP contribution in [0.25, 0.3) is 11.1 Å². The van der Waals surface area contributed by atoms with Gasteiger partial charge in [0.25, 0.3) is 0 Å². The van der Waals surface area contributed by atoms with Crippen molar-refractivity contribution in [3.8, 4) is 11.1 Å². The van der Waals surface area contributed by atoms with E-state index >= 15 is 0 Å². The van der Waals surface area contributed by atoms with Crippen LogP contribution < -0.4 is 5.32 Å². The Morgan fingerprint density at radius 3 is 2.12 bits per heavy atom. The van der Waals surface area contributed by atoms with Gasteiger partial charge in [-0.3, -0.25) is 4.79 Å². The third-order valence-corrected chi connectivity index (χ3v) is 5.94. The van der Waals surface area contributed by atoms with Crippen LogP contribution in [-0.4, -0.2) is 59.5 Å². The highest BCUT2D eigenvalue weighted by molar-refractivity contribution is 5.79. The minimum absolute atomic E-state index is 0.0378. The maximum atomic E-state index is 12.6. The Labute approximate surface area is 192 Å². The lowest BCUT2D eigenvalue weighted by Crippen LogP contribution is -2.44. The number of nitrogens with one attached hydrogen (secondary N) is 1. The molecule has 2 amide bonds. The van der Waals surface area contributed by atoms with Crippen molar-refractivity contribution in [1.82, 2.24) is 10.2 Å². The number of fused-ring (bicyclic) bond motifs is 3. The Bertz CT molecular complexity index is 1030. The SMILES string of the molecule is CC(C)(C)OC(=O)N1C[C@@H](NC(=O)OCC2c3ccccc3-c3ccccc32)[C@H](C(=O)O)C1. The summed E-state index contributed by atoms with van der Waals surface area (Å²) in [4.78, 5) is 38.0. The highest BCUT2D eigenvalue weighted by Crippen LogP contribution is 2.44. The molecule has 174 valence electrons. The van der Waals surface area contributed by atoms with Crippen molar-refractivity contribution in [2.24, 2.45) is 5.92 Å². The molecule has 4 rings (SSSR count). The zero-order valence-electron chi connectivity index (χ0n) is 18.9. The standard InChI is InChI=1S/C25H28N2O6/c1-25(2,3)33-24(31)27-12-19(22(28)29)21(13-27)26-23(30)32-14-20-17-10-6-4-8-15(17)16-9-5-7-11-18(16)20/h4-11,19-21H,12-14H2,1-3H3,(H,26,30)(H,28,29)/t19-,21-/m1/s1. The van der Waals surface area contributed by atoms with E-state index in [4.69, 9.17) is 9.47 Å². The molecule has 0 saturated carbocycles. The minimum atomic E-state index is -1.09. The van der Waals surface area contributed by atoms with Crippen LogP contribution >= 0.6 is 0 Å². The van der Waals surface area contributed by atoms with E-state index in [2.05, 4.69) is 17.4 Å². The number of carboxylic acids is 1. The second-order valence-corrected chi connectivity index (χ2v) is 9.41. The molecule has 2 aromatic carbocycles. The van der Waals surface area contributed by atoms with Gasteiger partial charge in [0.2, 0.25) is 0 Å². The summed E-state index contributed by atoms with van der Waals surface area (Å²) in [6.07, 6.45) is -1.32. The highest BCUT2D eigenvalue weighted by Gasteiger charge is 2.42. The molecule has 8 heteroatoms. The van der Waals surface area contributed by atoms with Crippen molar-refractivity contribution in [3.63, 3.8) is 0 Å². The van der Waals surface area contributed by atoms with Crippen LogP contribution in [0.2, 0.25) is 0 Å². The van der Waals surface area contributed by atoms with Crippen molar-refractivity contribution in [2.75, 3.05) is 19.7 Å². The Kier molecular flexibility index (Phi) is 6.01. The predicted molar refractivity (Wildman–Crippen MR) is 121 cm³/mol. The average Bonchev–Trinajstić information content (AvgIpc) is 3.31. The molecule has 33 heavy (non-hydrogen) atoms. The minimum Gasteiger partial charge on any atom is -0.481 e. The third kappa shape index (κ3) is 4.79. The first-order valence-electron chi connectivity index (χ1n) is 11.0. The van der Waals surface area contributed by atoms with Crippen molar-refractivity contribution in [1.29, 1.82) is 0 Å². The average molecular weight is 453 g/mol. The second kappa shape index (κ2) is 8.77. The topological polar surface area (TPSA) is 105 Å². The van der Waals surface area contributed by atoms with E-state index in [1.54, 1.807) is 20.8 Å². The first-order chi connectivity index (χ1) is 15.6. The van der Waals surface area contributed by atoms with Gasteiger partial charge in [-0.05, 0) is 43.0 Å². The lowest BCUT2D eigenvalue weighted by atomic mass is 9.98. The smallest absolute Gasteiger partial charge is 0.410 e. The fourth-order valence-electron chi connectivity index (χ4n) is 4.47. The maximum Gasteiger partial charge on any atom is 0.410 e. The Morgan fingerprint density at radius 2 is 1.58 bits per heavy atom. The number of likely N-dealkylation sites (tertiary alicyclic amines) is 1. The molecule has 0 unspecified atom stereocenters. The zero-order chi connectivity index (χ0) is 23.8. The first-order valence-corrected chi connectivity index (χ1v) is 11.0. The van der Waals surface area contributed by atoms with Crippen LogP contribution in [0.5, 0.6) is 0 Å². The second-order valence-electron chi connectivity index (χ2n) is 9.41. The molecular formula is C25H28N2O6. The molecule has 1 heterocycles. The molecule has 0 aromatic heterocycles. The predicted octanol–water partition coefficient (Wildman–Crippen LogP) is 3.85. The number of hydrogen-bond acceptors (Lipinski definition) is 5. The summed E-state index contributed by atoms with van der Waals surface area (Å²) in [5, 5.41) is 12.2. The van der Waals surface area contributed by atoms with Crippen molar-refractivity contribution in [3.05, 3.63) is 59.7 Å². The summed E-state index contributed by atoms with van der Waals surface area (Å²) in [6.45, 7) is 5.33. The van der Waals surface area contributed by atoms with Crippen molar-refractivity contribution < 1.29 is 29.0 Å². The third-order valence-electron chi connectivity index (χ3n) is 5.94. The number of rotatable bonds is 4. The molecule has 2 aliphatic rings. The van der Waals surface area contributed by atoms with Crippen LogP contribution in [0.15, 0.2) is 48.5 Å². The summed E-state index contributed by atoms with van der Waals surface area (Å²) in [5.41, 5.74) is 3.72. The van der Waals surface area contributed by atoms with Gasteiger partial charge >= 0.3 is 18.2 Å². The summed E-state index contributed by atoms with van der Waals surface area (Å²) < 4.78 is 10.9. The first kappa shape index (κ1) is 22.6. The summed E-state index contributed by atoms with van der Waals surface area (Å²) in [7, 11) is 0. The summed E-state index contributed by atoms with van der Waals surface area (Å²) in [5.74, 6) is -2.14. The van der Waals surface area contributed by atoms with Gasteiger partial charge in [0.15, 0.2) is 0 Å². The molecule has 8 nitrogen and oxygen atoms in total. The summed E-state index contributed by atoms with van der Waals surface area (Å²) >= 11 is 0. The van der Waals surface area contributed by atoms with Crippen LogP contribution in [-0.2, 0) is 14.3 Å². The molecule has 0 radical (unpaired) electrons. The van der Waals surface area contributed by atoms with Gasteiger partial charge in [-0.15, -0.1) is 0 Å². The van der Waals surface area contributed by atoms with E-state index in [0.29, 0.717) is 0 Å². The molecular weight excluding hydrogens is 424 g/mol. The highest BCUT2D eigenvalue weighted by atomic mass is 16.6. The molecule has 0 spiro atoms. The number of aliphatic carboxylic acids is 1. The Morgan fingerprint density at radius 1 is 1.00 bits per heavy atom.